The van der Waals surface area contributed by atoms with Crippen molar-refractivity contribution in [2.45, 2.75) is 39.2 Å². The molecule has 0 atom stereocenters. The maximum absolute atomic E-state index is 4.67. The maximum Gasteiger partial charge on any atom is 0.0891 e. The maximum atomic E-state index is 4.67. The molecule has 2 aromatic heterocycles. The first-order valence-electron chi connectivity index (χ1n) is 10.7. The molecule has 0 saturated carbocycles. The van der Waals surface area contributed by atoms with Crippen LogP contribution in [0.1, 0.15) is 35.1 Å². The summed E-state index contributed by atoms with van der Waals surface area (Å²) in [6.07, 6.45) is 8.64. The molecule has 146 valence electrons. The van der Waals surface area contributed by atoms with E-state index in [1.54, 1.807) is 0 Å². The first kappa shape index (κ1) is 18.3. The van der Waals surface area contributed by atoms with Crippen molar-refractivity contribution < 1.29 is 0 Å². The Kier molecular flexibility index (Phi) is 4.99. The van der Waals surface area contributed by atoms with Gasteiger partial charge in [-0.3, -0.25) is 14.9 Å². The Balaban J connectivity index is 1.31. The van der Waals surface area contributed by atoms with Crippen LogP contribution in [0.2, 0.25) is 0 Å². The second-order valence-electron chi connectivity index (χ2n) is 8.35. The van der Waals surface area contributed by atoms with Crippen LogP contribution in [-0.4, -0.2) is 28.0 Å². The SMILES string of the molecule is Cc1ccc2c(c1)ncc1ncc(CCc3ccc(CN4CCCC4)cc3)cc12. The number of nitrogens with zero attached hydrogens (tertiary/aromatic N) is 3. The third kappa shape index (κ3) is 4.01. The minimum atomic E-state index is 0.969. The summed E-state index contributed by atoms with van der Waals surface area (Å²) in [7, 11) is 0. The number of likely N-dealkylation sites (tertiary alicyclic amines) is 1. The molecule has 1 saturated heterocycles. The molecule has 4 aromatic rings. The van der Waals surface area contributed by atoms with Gasteiger partial charge in [0.1, 0.15) is 0 Å². The Morgan fingerprint density at radius 3 is 2.28 bits per heavy atom. The van der Waals surface area contributed by atoms with E-state index < -0.39 is 0 Å². The van der Waals surface area contributed by atoms with E-state index in [-0.39, 0.29) is 0 Å². The minimum Gasteiger partial charge on any atom is -0.299 e. The fraction of sp³-hybridized carbons (Fsp3) is 0.308. The molecule has 1 fully saturated rings. The van der Waals surface area contributed by atoms with Crippen molar-refractivity contribution >= 4 is 21.8 Å². The fourth-order valence-electron chi connectivity index (χ4n) is 4.38. The van der Waals surface area contributed by atoms with Gasteiger partial charge in [-0.1, -0.05) is 36.4 Å². The number of aromatic nitrogens is 2. The monoisotopic (exact) mass is 381 g/mol. The second kappa shape index (κ2) is 7.92. The van der Waals surface area contributed by atoms with Gasteiger partial charge >= 0.3 is 0 Å². The van der Waals surface area contributed by atoms with Gasteiger partial charge in [-0.15, -0.1) is 0 Å². The first-order chi connectivity index (χ1) is 14.2. The van der Waals surface area contributed by atoms with Crippen LogP contribution in [0.3, 0.4) is 0 Å². The molecule has 3 nitrogen and oxygen atoms in total. The molecular formula is C26H27N3. The zero-order chi connectivity index (χ0) is 19.6. The minimum absolute atomic E-state index is 0.969. The van der Waals surface area contributed by atoms with Crippen LogP contribution in [0.4, 0.5) is 0 Å². The van der Waals surface area contributed by atoms with Crippen molar-refractivity contribution in [2.24, 2.45) is 0 Å². The summed E-state index contributed by atoms with van der Waals surface area (Å²) in [6.45, 7) is 5.70. The van der Waals surface area contributed by atoms with E-state index in [1.807, 2.05) is 12.4 Å². The molecule has 3 heterocycles. The van der Waals surface area contributed by atoms with Gasteiger partial charge < -0.3 is 0 Å². The summed E-state index contributed by atoms with van der Waals surface area (Å²) in [5.74, 6) is 0. The van der Waals surface area contributed by atoms with Crippen LogP contribution in [0.25, 0.3) is 21.8 Å². The molecule has 0 amide bonds. The molecule has 0 aliphatic carbocycles. The normalized spacial score (nSPS) is 14.8. The number of rotatable bonds is 5. The largest absolute Gasteiger partial charge is 0.299 e. The lowest BCUT2D eigenvalue weighted by Crippen LogP contribution is -2.18. The molecule has 2 aromatic carbocycles. The first-order valence-corrected chi connectivity index (χ1v) is 10.7. The number of aryl methyl sites for hydroxylation is 3. The molecular weight excluding hydrogens is 354 g/mol. The highest BCUT2D eigenvalue weighted by atomic mass is 15.1. The number of benzene rings is 2. The Hall–Kier alpha value is -2.78. The fourth-order valence-corrected chi connectivity index (χ4v) is 4.38. The zero-order valence-corrected chi connectivity index (χ0v) is 17.1. The van der Waals surface area contributed by atoms with Crippen LogP contribution in [0, 0.1) is 6.92 Å². The number of hydrogen-bond acceptors (Lipinski definition) is 3. The lowest BCUT2D eigenvalue weighted by atomic mass is 10.0. The summed E-state index contributed by atoms with van der Waals surface area (Å²) in [4.78, 5) is 11.8. The number of pyridine rings is 2. The molecule has 1 aliphatic rings. The van der Waals surface area contributed by atoms with Gasteiger partial charge in [-0.2, -0.15) is 0 Å². The molecule has 0 spiro atoms. The van der Waals surface area contributed by atoms with Gasteiger partial charge in [-0.05, 0) is 80.1 Å². The lowest BCUT2D eigenvalue weighted by molar-refractivity contribution is 0.331. The average Bonchev–Trinajstić information content (AvgIpc) is 3.26. The molecule has 0 radical (unpaired) electrons. The van der Waals surface area contributed by atoms with Gasteiger partial charge in [0, 0.05) is 23.5 Å². The zero-order valence-electron chi connectivity index (χ0n) is 17.1. The van der Waals surface area contributed by atoms with Gasteiger partial charge in [0.15, 0.2) is 0 Å². The summed E-state index contributed by atoms with van der Waals surface area (Å²) >= 11 is 0. The predicted octanol–water partition coefficient (Wildman–Crippen LogP) is 5.47. The van der Waals surface area contributed by atoms with E-state index in [0.29, 0.717) is 0 Å². The van der Waals surface area contributed by atoms with Crippen LogP contribution in [0.5, 0.6) is 0 Å². The second-order valence-corrected chi connectivity index (χ2v) is 8.35. The summed E-state index contributed by atoms with van der Waals surface area (Å²) < 4.78 is 0. The van der Waals surface area contributed by atoms with Crippen molar-refractivity contribution in [1.82, 2.24) is 14.9 Å². The van der Waals surface area contributed by atoms with E-state index in [0.717, 1.165) is 30.4 Å². The Labute approximate surface area is 172 Å². The van der Waals surface area contributed by atoms with Crippen LogP contribution >= 0.6 is 0 Å². The Bertz CT molecular complexity index is 1140. The molecule has 3 heteroatoms. The van der Waals surface area contributed by atoms with E-state index in [1.165, 1.54) is 59.0 Å². The topological polar surface area (TPSA) is 29.0 Å². The third-order valence-electron chi connectivity index (χ3n) is 6.07. The molecule has 5 rings (SSSR count). The molecule has 1 aliphatic heterocycles. The lowest BCUT2D eigenvalue weighted by Gasteiger charge is -2.14. The van der Waals surface area contributed by atoms with Crippen molar-refractivity contribution in [3.8, 4) is 0 Å². The Morgan fingerprint density at radius 2 is 1.45 bits per heavy atom. The van der Waals surface area contributed by atoms with Gasteiger partial charge in [0.25, 0.3) is 0 Å². The van der Waals surface area contributed by atoms with Crippen LogP contribution in [-0.2, 0) is 19.4 Å². The van der Waals surface area contributed by atoms with Crippen molar-refractivity contribution in [2.75, 3.05) is 13.1 Å². The highest BCUT2D eigenvalue weighted by molar-refractivity contribution is 6.04. The highest BCUT2D eigenvalue weighted by Crippen LogP contribution is 2.24. The average molecular weight is 382 g/mol. The molecule has 29 heavy (non-hydrogen) atoms. The van der Waals surface area contributed by atoms with E-state index in [2.05, 4.69) is 70.3 Å². The highest BCUT2D eigenvalue weighted by Gasteiger charge is 2.11. The molecule has 0 bridgehead atoms. The van der Waals surface area contributed by atoms with Gasteiger partial charge in [0.05, 0.1) is 17.2 Å². The van der Waals surface area contributed by atoms with Crippen LogP contribution in [0.15, 0.2) is 60.9 Å². The van der Waals surface area contributed by atoms with E-state index in [4.69, 9.17) is 0 Å². The van der Waals surface area contributed by atoms with Crippen molar-refractivity contribution in [3.05, 3.63) is 83.2 Å². The number of fused-ring (bicyclic) bond motifs is 3. The van der Waals surface area contributed by atoms with Crippen molar-refractivity contribution in [1.29, 1.82) is 0 Å². The summed E-state index contributed by atoms with van der Waals surface area (Å²) in [5.41, 5.74) is 7.36. The van der Waals surface area contributed by atoms with E-state index >= 15 is 0 Å². The van der Waals surface area contributed by atoms with Crippen molar-refractivity contribution in [3.63, 3.8) is 0 Å². The summed E-state index contributed by atoms with van der Waals surface area (Å²) in [5, 5.41) is 2.39. The third-order valence-corrected chi connectivity index (χ3v) is 6.07. The Morgan fingerprint density at radius 1 is 0.724 bits per heavy atom. The smallest absolute Gasteiger partial charge is 0.0891 e. The van der Waals surface area contributed by atoms with Crippen LogP contribution < -0.4 is 0 Å². The standard InChI is InChI=1S/C26H27N3/c1-19-4-11-23-24-15-22(16-27-26(24)17-28-25(23)14-19)10-7-20-5-8-21(9-6-20)18-29-12-2-3-13-29/h4-6,8-9,11,14-17H,2-3,7,10,12-13,18H2,1H3. The predicted molar refractivity (Wildman–Crippen MR) is 120 cm³/mol. The molecule has 0 unspecified atom stereocenters. The molecule has 0 N–H and O–H groups in total. The van der Waals surface area contributed by atoms with Gasteiger partial charge in [-0.25, -0.2) is 0 Å². The quantitative estimate of drug-likeness (QED) is 0.429. The van der Waals surface area contributed by atoms with Gasteiger partial charge in [0.2, 0.25) is 0 Å². The summed E-state index contributed by atoms with van der Waals surface area (Å²) in [6, 6.07) is 17.9. The van der Waals surface area contributed by atoms with E-state index in [9.17, 15) is 0 Å². The number of hydrogen-bond donors (Lipinski definition) is 0.